The molecule has 0 atom stereocenters. The predicted octanol–water partition coefficient (Wildman–Crippen LogP) is 2.54. The molecule has 4 nitrogen and oxygen atoms in total. The molecule has 18 heavy (non-hydrogen) atoms. The average molecular weight is 246 g/mol. The molecule has 0 radical (unpaired) electrons. The van der Waals surface area contributed by atoms with E-state index in [-0.39, 0.29) is 0 Å². The molecule has 0 aliphatic carbocycles. The van der Waals surface area contributed by atoms with E-state index in [1.807, 2.05) is 0 Å². The number of allylic oxidation sites excluding steroid dienone is 1. The molecule has 0 unspecified atom stereocenters. The first-order chi connectivity index (χ1) is 8.43. The van der Waals surface area contributed by atoms with E-state index in [4.69, 9.17) is 9.47 Å². The highest BCUT2D eigenvalue weighted by Gasteiger charge is 2.34. The summed E-state index contributed by atoms with van der Waals surface area (Å²) in [6, 6.07) is 6.70. The van der Waals surface area contributed by atoms with Gasteiger partial charge in [-0.1, -0.05) is 24.3 Å². The lowest BCUT2D eigenvalue weighted by Crippen LogP contribution is -2.35. The largest absolute Gasteiger partial charge is 0.457 e. The highest BCUT2D eigenvalue weighted by atomic mass is 16.7. The second-order valence-corrected chi connectivity index (χ2v) is 4.56. The summed E-state index contributed by atoms with van der Waals surface area (Å²) in [5.74, 6) is -0.828. The number of carbonyl (C=O) groups is 2. The van der Waals surface area contributed by atoms with Gasteiger partial charge in [-0.25, -0.2) is 4.79 Å². The molecule has 1 aliphatic rings. The lowest BCUT2D eigenvalue weighted by atomic mass is 10.0. The van der Waals surface area contributed by atoms with Crippen LogP contribution in [0.25, 0.3) is 5.57 Å². The van der Waals surface area contributed by atoms with E-state index in [1.54, 1.807) is 45.0 Å². The molecule has 0 N–H and O–H groups in total. The third-order valence-electron chi connectivity index (χ3n) is 2.63. The highest BCUT2D eigenvalue weighted by Crippen LogP contribution is 2.31. The Morgan fingerprint density at radius 1 is 1.11 bits per heavy atom. The SMILES string of the molecule is CC1=C(c2ccc(C=O)cc2)C(=O)OC(C)(C)O1. The van der Waals surface area contributed by atoms with Crippen molar-refractivity contribution in [2.75, 3.05) is 0 Å². The lowest BCUT2D eigenvalue weighted by molar-refractivity contribution is -0.202. The van der Waals surface area contributed by atoms with Crippen LogP contribution in [-0.4, -0.2) is 18.0 Å². The predicted molar refractivity (Wildman–Crippen MR) is 65.7 cm³/mol. The van der Waals surface area contributed by atoms with Gasteiger partial charge in [0.1, 0.15) is 17.6 Å². The Hall–Kier alpha value is -2.10. The number of hydrogen-bond donors (Lipinski definition) is 0. The maximum Gasteiger partial charge on any atom is 0.345 e. The molecule has 1 heterocycles. The number of rotatable bonds is 2. The second-order valence-electron chi connectivity index (χ2n) is 4.56. The van der Waals surface area contributed by atoms with Crippen LogP contribution in [0.15, 0.2) is 30.0 Å². The molecule has 0 fully saturated rings. The molecular weight excluding hydrogens is 232 g/mol. The summed E-state index contributed by atoms with van der Waals surface area (Å²) in [6.45, 7) is 5.09. The summed E-state index contributed by atoms with van der Waals surface area (Å²) in [6.07, 6.45) is 0.754. The molecule has 2 rings (SSSR count). The van der Waals surface area contributed by atoms with Gasteiger partial charge >= 0.3 is 5.97 Å². The summed E-state index contributed by atoms with van der Waals surface area (Å²) >= 11 is 0. The van der Waals surface area contributed by atoms with Crippen molar-refractivity contribution >= 4 is 17.8 Å². The molecule has 4 heteroatoms. The molecule has 1 aromatic carbocycles. The number of aldehydes is 1. The van der Waals surface area contributed by atoms with Crippen molar-refractivity contribution < 1.29 is 19.1 Å². The van der Waals surface area contributed by atoms with Gasteiger partial charge in [0.25, 0.3) is 0 Å². The molecule has 94 valence electrons. The van der Waals surface area contributed by atoms with Gasteiger partial charge < -0.3 is 9.47 Å². The second kappa shape index (κ2) is 4.29. The number of hydrogen-bond acceptors (Lipinski definition) is 4. The summed E-state index contributed by atoms with van der Waals surface area (Å²) < 4.78 is 10.7. The van der Waals surface area contributed by atoms with Gasteiger partial charge in [-0.05, 0) is 12.5 Å². The number of cyclic esters (lactones) is 1. The highest BCUT2D eigenvalue weighted by molar-refractivity contribution is 6.17. The van der Waals surface area contributed by atoms with Gasteiger partial charge in [0, 0.05) is 19.4 Å². The minimum absolute atomic E-state index is 0.395. The van der Waals surface area contributed by atoms with Crippen LogP contribution in [0.1, 0.15) is 36.7 Å². The smallest absolute Gasteiger partial charge is 0.345 e. The van der Waals surface area contributed by atoms with Gasteiger partial charge in [0.05, 0.1) is 0 Å². The minimum Gasteiger partial charge on any atom is -0.457 e. The van der Waals surface area contributed by atoms with Crippen molar-refractivity contribution in [3.63, 3.8) is 0 Å². The van der Waals surface area contributed by atoms with Crippen LogP contribution >= 0.6 is 0 Å². The zero-order chi connectivity index (χ0) is 13.3. The summed E-state index contributed by atoms with van der Waals surface area (Å²) in [5, 5.41) is 0. The molecule has 1 aliphatic heterocycles. The first-order valence-electron chi connectivity index (χ1n) is 5.62. The van der Waals surface area contributed by atoms with Crippen molar-refractivity contribution in [2.45, 2.75) is 26.6 Å². The monoisotopic (exact) mass is 246 g/mol. The van der Waals surface area contributed by atoms with Crippen LogP contribution in [-0.2, 0) is 14.3 Å². The van der Waals surface area contributed by atoms with E-state index in [0.29, 0.717) is 22.5 Å². The Bertz CT molecular complexity index is 523. The van der Waals surface area contributed by atoms with Gasteiger partial charge in [-0.3, -0.25) is 4.79 Å². The molecule has 0 amide bonds. The van der Waals surface area contributed by atoms with Crippen LogP contribution in [0.4, 0.5) is 0 Å². The van der Waals surface area contributed by atoms with Gasteiger partial charge in [-0.2, -0.15) is 0 Å². The maximum absolute atomic E-state index is 11.9. The van der Waals surface area contributed by atoms with Crippen LogP contribution in [0.3, 0.4) is 0 Å². The maximum atomic E-state index is 11.9. The Balaban J connectivity index is 2.42. The molecule has 0 spiro atoms. The molecule has 0 saturated heterocycles. The Labute approximate surface area is 105 Å². The zero-order valence-electron chi connectivity index (χ0n) is 10.5. The van der Waals surface area contributed by atoms with E-state index in [9.17, 15) is 9.59 Å². The van der Waals surface area contributed by atoms with E-state index in [1.165, 1.54) is 0 Å². The van der Waals surface area contributed by atoms with Crippen LogP contribution in [0.2, 0.25) is 0 Å². The Morgan fingerprint density at radius 3 is 2.22 bits per heavy atom. The van der Waals surface area contributed by atoms with Gasteiger partial charge in [0.15, 0.2) is 0 Å². The van der Waals surface area contributed by atoms with Crippen LogP contribution in [0, 0.1) is 0 Å². The summed E-state index contributed by atoms with van der Waals surface area (Å²) in [5.41, 5.74) is 1.63. The quantitative estimate of drug-likeness (QED) is 0.594. The van der Waals surface area contributed by atoms with Crippen molar-refractivity contribution in [3.05, 3.63) is 41.2 Å². The number of ether oxygens (including phenoxy) is 2. The summed E-state index contributed by atoms with van der Waals surface area (Å²) in [4.78, 5) is 22.5. The lowest BCUT2D eigenvalue weighted by Gasteiger charge is -2.32. The fourth-order valence-electron chi connectivity index (χ4n) is 1.91. The topological polar surface area (TPSA) is 52.6 Å². The van der Waals surface area contributed by atoms with Crippen molar-refractivity contribution in [1.29, 1.82) is 0 Å². The fourth-order valence-corrected chi connectivity index (χ4v) is 1.91. The third-order valence-corrected chi connectivity index (χ3v) is 2.63. The normalized spacial score (nSPS) is 18.1. The van der Waals surface area contributed by atoms with E-state index < -0.39 is 11.8 Å². The first-order valence-corrected chi connectivity index (χ1v) is 5.62. The van der Waals surface area contributed by atoms with E-state index >= 15 is 0 Å². The van der Waals surface area contributed by atoms with E-state index in [0.717, 1.165) is 6.29 Å². The molecular formula is C14H14O4. The first kappa shape index (κ1) is 12.4. The molecule has 0 saturated carbocycles. The Kier molecular flexibility index (Phi) is 2.95. The minimum atomic E-state index is -0.937. The van der Waals surface area contributed by atoms with Gasteiger partial charge in [0.2, 0.25) is 5.79 Å². The van der Waals surface area contributed by atoms with E-state index in [2.05, 4.69) is 0 Å². The van der Waals surface area contributed by atoms with Crippen molar-refractivity contribution in [2.24, 2.45) is 0 Å². The number of esters is 1. The van der Waals surface area contributed by atoms with Crippen LogP contribution < -0.4 is 0 Å². The van der Waals surface area contributed by atoms with Crippen molar-refractivity contribution in [1.82, 2.24) is 0 Å². The molecule has 0 aromatic heterocycles. The standard InChI is InChI=1S/C14H14O4/c1-9-12(13(16)18-14(2,3)17-9)11-6-4-10(8-15)5-7-11/h4-8H,1-3H3. The van der Waals surface area contributed by atoms with Crippen molar-refractivity contribution in [3.8, 4) is 0 Å². The van der Waals surface area contributed by atoms with Gasteiger partial charge in [-0.15, -0.1) is 0 Å². The number of benzene rings is 1. The number of carbonyl (C=O) groups excluding carboxylic acids is 2. The molecule has 1 aromatic rings. The third kappa shape index (κ3) is 2.27. The van der Waals surface area contributed by atoms with Crippen LogP contribution in [0.5, 0.6) is 0 Å². The zero-order valence-corrected chi connectivity index (χ0v) is 10.5. The molecule has 0 bridgehead atoms. The Morgan fingerprint density at radius 2 is 1.72 bits per heavy atom. The fraction of sp³-hybridized carbons (Fsp3) is 0.286. The average Bonchev–Trinajstić information content (AvgIpc) is 2.27. The summed E-state index contributed by atoms with van der Waals surface area (Å²) in [7, 11) is 0.